The third kappa shape index (κ3) is 3.47. The van der Waals surface area contributed by atoms with Crippen LogP contribution in [0.25, 0.3) is 0 Å². The maximum atomic E-state index is 5.48. The number of hydrogen-bond donors (Lipinski definition) is 2. The van der Waals surface area contributed by atoms with Crippen molar-refractivity contribution >= 4 is 11.9 Å². The molecule has 0 amide bonds. The zero-order valence-corrected chi connectivity index (χ0v) is 11.5. The number of ether oxygens (including phenoxy) is 2. The average molecular weight is 275 g/mol. The van der Waals surface area contributed by atoms with E-state index >= 15 is 0 Å². The van der Waals surface area contributed by atoms with Crippen molar-refractivity contribution in [2.24, 2.45) is 0 Å². The Labute approximate surface area is 117 Å². The van der Waals surface area contributed by atoms with Crippen molar-refractivity contribution in [3.05, 3.63) is 30.1 Å². The number of nitrogens with zero attached hydrogens (tertiary/aromatic N) is 3. The molecule has 0 saturated heterocycles. The van der Waals surface area contributed by atoms with Crippen LogP contribution < -0.4 is 20.5 Å². The number of methoxy groups -OCH3 is 2. The number of anilines is 2. The van der Waals surface area contributed by atoms with Crippen molar-refractivity contribution in [2.45, 2.75) is 6.42 Å². The summed E-state index contributed by atoms with van der Waals surface area (Å²) in [5.74, 6) is 2.11. The molecule has 0 aliphatic heterocycles. The molecule has 106 valence electrons. The normalized spacial score (nSPS) is 10.1. The van der Waals surface area contributed by atoms with E-state index in [1.165, 1.54) is 6.33 Å². The van der Waals surface area contributed by atoms with Gasteiger partial charge in [-0.05, 0) is 24.1 Å². The summed E-state index contributed by atoms with van der Waals surface area (Å²) < 4.78 is 10.5. The van der Waals surface area contributed by atoms with Gasteiger partial charge in [0.05, 0.1) is 14.2 Å². The van der Waals surface area contributed by atoms with Gasteiger partial charge in [0, 0.05) is 6.54 Å². The molecule has 1 aromatic heterocycles. The standard InChI is InChI=1S/C13H17N5O2/c1-19-10-4-3-9(7-11(10)20-2)5-6-15-13-17-8-16-12(14)18-13/h3-4,7-8H,5-6H2,1-2H3,(H3,14,15,16,17,18). The minimum Gasteiger partial charge on any atom is -0.493 e. The number of aromatic nitrogens is 3. The van der Waals surface area contributed by atoms with Crippen LogP contribution in [0.5, 0.6) is 11.5 Å². The Morgan fingerprint density at radius 2 is 1.95 bits per heavy atom. The summed E-state index contributed by atoms with van der Waals surface area (Å²) in [6.45, 7) is 0.680. The van der Waals surface area contributed by atoms with Gasteiger partial charge in [-0.1, -0.05) is 6.07 Å². The molecule has 2 rings (SSSR count). The van der Waals surface area contributed by atoms with Crippen LogP contribution in [0.4, 0.5) is 11.9 Å². The predicted octanol–water partition coefficient (Wildman–Crippen LogP) is 1.13. The van der Waals surface area contributed by atoms with Crippen LogP contribution in [0.1, 0.15) is 5.56 Å². The average Bonchev–Trinajstić information content (AvgIpc) is 2.47. The van der Waals surface area contributed by atoms with Gasteiger partial charge in [-0.3, -0.25) is 0 Å². The zero-order valence-electron chi connectivity index (χ0n) is 11.5. The van der Waals surface area contributed by atoms with Crippen LogP contribution in [0, 0.1) is 0 Å². The summed E-state index contributed by atoms with van der Waals surface area (Å²) in [7, 11) is 3.23. The lowest BCUT2D eigenvalue weighted by molar-refractivity contribution is 0.354. The molecule has 2 aromatic rings. The third-order valence-electron chi connectivity index (χ3n) is 2.74. The molecule has 7 heteroatoms. The van der Waals surface area contributed by atoms with Gasteiger partial charge >= 0.3 is 0 Å². The molecule has 0 atom stereocenters. The molecule has 0 unspecified atom stereocenters. The quantitative estimate of drug-likeness (QED) is 0.815. The first-order valence-electron chi connectivity index (χ1n) is 6.12. The molecule has 1 aromatic carbocycles. The molecule has 1 heterocycles. The Morgan fingerprint density at radius 3 is 2.65 bits per heavy atom. The van der Waals surface area contributed by atoms with E-state index < -0.39 is 0 Å². The summed E-state index contributed by atoms with van der Waals surface area (Å²) in [6, 6.07) is 5.82. The number of hydrogen-bond acceptors (Lipinski definition) is 7. The molecule has 0 aliphatic rings. The molecule has 20 heavy (non-hydrogen) atoms. The molecule has 0 saturated carbocycles. The summed E-state index contributed by atoms with van der Waals surface area (Å²) in [5, 5.41) is 3.09. The van der Waals surface area contributed by atoms with Crippen molar-refractivity contribution < 1.29 is 9.47 Å². The summed E-state index contributed by atoms with van der Waals surface area (Å²) >= 11 is 0. The van der Waals surface area contributed by atoms with E-state index in [-0.39, 0.29) is 5.95 Å². The second-order valence-electron chi connectivity index (χ2n) is 4.03. The summed E-state index contributed by atoms with van der Waals surface area (Å²) in [5.41, 5.74) is 6.60. The molecule has 0 spiro atoms. The van der Waals surface area contributed by atoms with E-state index in [2.05, 4.69) is 20.3 Å². The number of nitrogens with one attached hydrogen (secondary N) is 1. The maximum Gasteiger partial charge on any atom is 0.227 e. The van der Waals surface area contributed by atoms with E-state index in [1.54, 1.807) is 14.2 Å². The van der Waals surface area contributed by atoms with Crippen molar-refractivity contribution in [2.75, 3.05) is 31.8 Å². The van der Waals surface area contributed by atoms with Gasteiger partial charge in [0.15, 0.2) is 11.5 Å². The molecule has 0 radical (unpaired) electrons. The van der Waals surface area contributed by atoms with Crippen LogP contribution in [0.15, 0.2) is 24.5 Å². The molecule has 0 fully saturated rings. The lowest BCUT2D eigenvalue weighted by Crippen LogP contribution is -2.09. The fourth-order valence-electron chi connectivity index (χ4n) is 1.75. The second kappa shape index (κ2) is 6.55. The van der Waals surface area contributed by atoms with Crippen LogP contribution >= 0.6 is 0 Å². The van der Waals surface area contributed by atoms with Crippen molar-refractivity contribution in [1.29, 1.82) is 0 Å². The van der Waals surface area contributed by atoms with Crippen molar-refractivity contribution in [3.8, 4) is 11.5 Å². The third-order valence-corrected chi connectivity index (χ3v) is 2.74. The van der Waals surface area contributed by atoms with Crippen LogP contribution in [0.2, 0.25) is 0 Å². The van der Waals surface area contributed by atoms with E-state index in [1.807, 2.05) is 18.2 Å². The smallest absolute Gasteiger partial charge is 0.227 e. The van der Waals surface area contributed by atoms with Gasteiger partial charge in [0.1, 0.15) is 6.33 Å². The van der Waals surface area contributed by atoms with E-state index in [0.717, 1.165) is 23.5 Å². The molecule has 0 bridgehead atoms. The first-order chi connectivity index (χ1) is 9.72. The van der Waals surface area contributed by atoms with Crippen LogP contribution in [-0.4, -0.2) is 35.7 Å². The predicted molar refractivity (Wildman–Crippen MR) is 76.0 cm³/mol. The molecule has 7 nitrogen and oxygen atoms in total. The van der Waals surface area contributed by atoms with Gasteiger partial charge in [0.25, 0.3) is 0 Å². The number of nitrogen functional groups attached to an aromatic ring is 1. The molecule has 0 aliphatic carbocycles. The highest BCUT2D eigenvalue weighted by Crippen LogP contribution is 2.27. The van der Waals surface area contributed by atoms with Crippen LogP contribution in [0.3, 0.4) is 0 Å². The number of benzene rings is 1. The Bertz CT molecular complexity index is 576. The SMILES string of the molecule is COc1ccc(CCNc2ncnc(N)n2)cc1OC. The highest BCUT2D eigenvalue weighted by atomic mass is 16.5. The lowest BCUT2D eigenvalue weighted by atomic mass is 10.1. The van der Waals surface area contributed by atoms with E-state index in [4.69, 9.17) is 15.2 Å². The Morgan fingerprint density at radius 1 is 1.15 bits per heavy atom. The van der Waals surface area contributed by atoms with Gasteiger partial charge in [-0.2, -0.15) is 4.98 Å². The lowest BCUT2D eigenvalue weighted by Gasteiger charge is -2.10. The largest absolute Gasteiger partial charge is 0.493 e. The van der Waals surface area contributed by atoms with Crippen LogP contribution in [-0.2, 0) is 6.42 Å². The fourth-order valence-corrected chi connectivity index (χ4v) is 1.75. The number of nitrogens with two attached hydrogens (primary N) is 1. The minimum atomic E-state index is 0.202. The highest BCUT2D eigenvalue weighted by Gasteiger charge is 2.04. The van der Waals surface area contributed by atoms with Gasteiger partial charge in [-0.25, -0.2) is 9.97 Å². The second-order valence-corrected chi connectivity index (χ2v) is 4.03. The topological polar surface area (TPSA) is 95.2 Å². The maximum absolute atomic E-state index is 5.48. The Balaban J connectivity index is 1.94. The summed E-state index contributed by atoms with van der Waals surface area (Å²) in [6.07, 6.45) is 2.17. The van der Waals surface area contributed by atoms with Gasteiger partial charge in [-0.15, -0.1) is 0 Å². The highest BCUT2D eigenvalue weighted by molar-refractivity contribution is 5.43. The van der Waals surface area contributed by atoms with Crippen molar-refractivity contribution in [3.63, 3.8) is 0 Å². The fraction of sp³-hybridized carbons (Fsp3) is 0.308. The van der Waals surface area contributed by atoms with Gasteiger partial charge in [0.2, 0.25) is 11.9 Å². The Hall–Kier alpha value is -2.57. The molecular weight excluding hydrogens is 258 g/mol. The van der Waals surface area contributed by atoms with E-state index in [9.17, 15) is 0 Å². The zero-order chi connectivity index (χ0) is 14.4. The number of rotatable bonds is 6. The summed E-state index contributed by atoms with van der Waals surface area (Å²) in [4.78, 5) is 11.7. The van der Waals surface area contributed by atoms with Crippen molar-refractivity contribution in [1.82, 2.24) is 15.0 Å². The minimum absolute atomic E-state index is 0.202. The van der Waals surface area contributed by atoms with E-state index in [0.29, 0.717) is 12.5 Å². The first kappa shape index (κ1) is 13.9. The van der Waals surface area contributed by atoms with Gasteiger partial charge < -0.3 is 20.5 Å². The Kier molecular flexibility index (Phi) is 4.54. The molecular formula is C13H17N5O2. The molecule has 3 N–H and O–H groups in total. The first-order valence-corrected chi connectivity index (χ1v) is 6.12. The monoisotopic (exact) mass is 275 g/mol.